The molecule has 0 N–H and O–H groups in total. The van der Waals surface area contributed by atoms with Crippen LogP contribution in [0.4, 0.5) is 5.69 Å². The molecule has 4 nitrogen and oxygen atoms in total. The Kier molecular flexibility index (Phi) is 6.17. The lowest BCUT2D eigenvalue weighted by atomic mass is 9.98. The number of hydrogen-bond acceptors (Lipinski definition) is 3. The molecule has 158 valence electrons. The molecule has 0 unspecified atom stereocenters. The van der Waals surface area contributed by atoms with Crippen molar-refractivity contribution in [3.63, 3.8) is 0 Å². The molecule has 1 aliphatic heterocycles. The highest BCUT2D eigenvalue weighted by molar-refractivity contribution is 5.97. The molecule has 0 spiro atoms. The van der Waals surface area contributed by atoms with E-state index in [1.54, 1.807) is 7.11 Å². The molecular weight excluding hydrogens is 386 g/mol. The Morgan fingerprint density at radius 3 is 2.48 bits per heavy atom. The number of nitrogens with zero attached hydrogens (tertiary/aromatic N) is 1. The van der Waals surface area contributed by atoms with Crippen LogP contribution < -0.4 is 9.64 Å². The van der Waals surface area contributed by atoms with Gasteiger partial charge in [0.2, 0.25) is 5.91 Å². The first-order chi connectivity index (χ1) is 15.1. The number of ether oxygens (including phenoxy) is 1. The van der Waals surface area contributed by atoms with E-state index in [1.807, 2.05) is 66.4 Å². The Morgan fingerprint density at radius 1 is 0.968 bits per heavy atom. The average Bonchev–Trinajstić information content (AvgIpc) is 3.25. The Balaban J connectivity index is 1.43. The van der Waals surface area contributed by atoms with E-state index in [4.69, 9.17) is 4.74 Å². The molecule has 31 heavy (non-hydrogen) atoms. The number of aryl methyl sites for hydroxylation is 1. The molecule has 0 fully saturated rings. The van der Waals surface area contributed by atoms with Gasteiger partial charge in [-0.05, 0) is 59.4 Å². The second-order valence-corrected chi connectivity index (χ2v) is 7.84. The molecule has 0 saturated carbocycles. The van der Waals surface area contributed by atoms with Gasteiger partial charge in [-0.3, -0.25) is 9.59 Å². The quantitative estimate of drug-likeness (QED) is 0.482. The minimum absolute atomic E-state index is 0.136. The van der Waals surface area contributed by atoms with Crippen LogP contribution in [-0.2, 0) is 17.6 Å². The number of methoxy groups -OCH3 is 1. The number of fused-ring (bicyclic) bond motifs is 1. The molecular formula is C27H27NO3. The topological polar surface area (TPSA) is 46.6 Å². The maximum atomic E-state index is 12.6. The molecule has 0 aromatic heterocycles. The van der Waals surface area contributed by atoms with Crippen molar-refractivity contribution in [1.29, 1.82) is 0 Å². The number of hydrogen-bond donors (Lipinski definition) is 0. The highest BCUT2D eigenvalue weighted by atomic mass is 16.5. The second-order valence-electron chi connectivity index (χ2n) is 7.84. The fourth-order valence-electron chi connectivity index (χ4n) is 4.11. The summed E-state index contributed by atoms with van der Waals surface area (Å²) in [6, 6.07) is 21.9. The minimum atomic E-state index is 0.136. The van der Waals surface area contributed by atoms with Crippen LogP contribution in [0.3, 0.4) is 0 Å². The number of ketones is 1. The number of Topliss-reactive ketones (excluding diaryl/α,β-unsaturated/α-hetero) is 1. The molecule has 1 heterocycles. The summed E-state index contributed by atoms with van der Waals surface area (Å²) in [7, 11) is 1.65. The Bertz CT molecular complexity index is 1100. The summed E-state index contributed by atoms with van der Waals surface area (Å²) in [4.78, 5) is 26.6. The standard InChI is InChI=1S/C27H27NO3/c1-3-27(30)28-16-15-23-18-22(12-13-25(23)28)20-8-10-21(11-9-20)26(29)14-7-19-5-4-6-24(17-19)31-2/h4-6,8-13,17-18H,3,7,14-16H2,1-2H3. The summed E-state index contributed by atoms with van der Waals surface area (Å²) in [5.41, 5.74) is 6.25. The van der Waals surface area contributed by atoms with E-state index >= 15 is 0 Å². The van der Waals surface area contributed by atoms with Gasteiger partial charge >= 0.3 is 0 Å². The lowest BCUT2D eigenvalue weighted by molar-refractivity contribution is -0.118. The molecule has 0 radical (unpaired) electrons. The molecule has 4 rings (SSSR count). The van der Waals surface area contributed by atoms with Crippen molar-refractivity contribution >= 4 is 17.4 Å². The minimum Gasteiger partial charge on any atom is -0.497 e. The van der Waals surface area contributed by atoms with Crippen molar-refractivity contribution in [1.82, 2.24) is 0 Å². The summed E-state index contributed by atoms with van der Waals surface area (Å²) < 4.78 is 5.25. The normalized spacial score (nSPS) is 12.5. The highest BCUT2D eigenvalue weighted by Crippen LogP contribution is 2.33. The lowest BCUT2D eigenvalue weighted by Gasteiger charge is -2.16. The predicted octanol–water partition coefficient (Wildman–Crippen LogP) is 5.48. The molecule has 4 heteroatoms. The molecule has 0 saturated heterocycles. The zero-order chi connectivity index (χ0) is 21.8. The SMILES string of the molecule is CCC(=O)N1CCc2cc(-c3ccc(C(=O)CCc4cccc(OC)c4)cc3)ccc21. The maximum Gasteiger partial charge on any atom is 0.226 e. The van der Waals surface area contributed by atoms with E-state index in [0.717, 1.165) is 46.7 Å². The molecule has 0 bridgehead atoms. The number of amides is 1. The molecule has 3 aromatic rings. The number of anilines is 1. The van der Waals surface area contributed by atoms with Crippen LogP contribution in [0.2, 0.25) is 0 Å². The van der Waals surface area contributed by atoms with Gasteiger partial charge in [-0.2, -0.15) is 0 Å². The number of benzene rings is 3. The lowest BCUT2D eigenvalue weighted by Crippen LogP contribution is -2.27. The van der Waals surface area contributed by atoms with Crippen molar-refractivity contribution in [2.75, 3.05) is 18.6 Å². The van der Waals surface area contributed by atoms with Crippen LogP contribution in [0.25, 0.3) is 11.1 Å². The summed E-state index contributed by atoms with van der Waals surface area (Å²) in [6.07, 6.45) is 2.56. The van der Waals surface area contributed by atoms with E-state index in [9.17, 15) is 9.59 Å². The van der Waals surface area contributed by atoms with Crippen molar-refractivity contribution in [3.8, 4) is 16.9 Å². The summed E-state index contributed by atoms with van der Waals surface area (Å²) in [5.74, 6) is 1.12. The van der Waals surface area contributed by atoms with Gasteiger partial charge in [0.25, 0.3) is 0 Å². The van der Waals surface area contributed by atoms with E-state index in [0.29, 0.717) is 19.3 Å². The van der Waals surface area contributed by atoms with Crippen LogP contribution in [-0.4, -0.2) is 25.3 Å². The fourth-order valence-corrected chi connectivity index (χ4v) is 4.11. The molecule has 0 aliphatic carbocycles. The monoisotopic (exact) mass is 413 g/mol. The van der Waals surface area contributed by atoms with Crippen LogP contribution in [0.15, 0.2) is 66.7 Å². The van der Waals surface area contributed by atoms with Gasteiger partial charge in [-0.25, -0.2) is 0 Å². The zero-order valence-electron chi connectivity index (χ0n) is 18.1. The average molecular weight is 414 g/mol. The first-order valence-corrected chi connectivity index (χ1v) is 10.8. The van der Waals surface area contributed by atoms with Crippen LogP contribution in [0, 0.1) is 0 Å². The summed E-state index contributed by atoms with van der Waals surface area (Å²) >= 11 is 0. The molecule has 1 amide bonds. The molecule has 3 aromatic carbocycles. The van der Waals surface area contributed by atoms with E-state index in [-0.39, 0.29) is 11.7 Å². The summed E-state index contributed by atoms with van der Waals surface area (Å²) in [5, 5.41) is 0. The smallest absolute Gasteiger partial charge is 0.226 e. The molecule has 1 aliphatic rings. The maximum absolute atomic E-state index is 12.6. The van der Waals surface area contributed by atoms with Gasteiger partial charge in [0, 0.05) is 30.6 Å². The van der Waals surface area contributed by atoms with Crippen molar-refractivity contribution in [2.45, 2.75) is 32.6 Å². The van der Waals surface area contributed by atoms with Crippen LogP contribution >= 0.6 is 0 Å². The largest absolute Gasteiger partial charge is 0.497 e. The Hall–Kier alpha value is -3.40. The number of carbonyl (C=O) groups is 2. The van der Waals surface area contributed by atoms with Gasteiger partial charge in [-0.1, -0.05) is 49.4 Å². The van der Waals surface area contributed by atoms with Gasteiger partial charge in [-0.15, -0.1) is 0 Å². The van der Waals surface area contributed by atoms with E-state index < -0.39 is 0 Å². The number of carbonyl (C=O) groups excluding carboxylic acids is 2. The van der Waals surface area contributed by atoms with Crippen LogP contribution in [0.1, 0.15) is 41.3 Å². The van der Waals surface area contributed by atoms with E-state index in [2.05, 4.69) is 12.1 Å². The third-order valence-corrected chi connectivity index (χ3v) is 5.89. The molecule has 0 atom stereocenters. The summed E-state index contributed by atoms with van der Waals surface area (Å²) in [6.45, 7) is 2.65. The van der Waals surface area contributed by atoms with Gasteiger partial charge in [0.05, 0.1) is 7.11 Å². The second kappa shape index (κ2) is 9.17. The van der Waals surface area contributed by atoms with Gasteiger partial charge < -0.3 is 9.64 Å². The Morgan fingerprint density at radius 2 is 1.74 bits per heavy atom. The third kappa shape index (κ3) is 4.53. The van der Waals surface area contributed by atoms with Gasteiger partial charge in [0.1, 0.15) is 5.75 Å². The third-order valence-electron chi connectivity index (χ3n) is 5.89. The first kappa shape index (κ1) is 20.9. The van der Waals surface area contributed by atoms with Crippen molar-refractivity contribution < 1.29 is 14.3 Å². The predicted molar refractivity (Wildman–Crippen MR) is 124 cm³/mol. The van der Waals surface area contributed by atoms with Gasteiger partial charge in [0.15, 0.2) is 5.78 Å². The van der Waals surface area contributed by atoms with Crippen LogP contribution in [0.5, 0.6) is 5.75 Å². The van der Waals surface area contributed by atoms with E-state index in [1.165, 1.54) is 5.56 Å². The Labute approximate surface area is 183 Å². The van der Waals surface area contributed by atoms with Crippen molar-refractivity contribution in [3.05, 3.63) is 83.4 Å². The fraction of sp³-hybridized carbons (Fsp3) is 0.259. The van der Waals surface area contributed by atoms with Crippen molar-refractivity contribution in [2.24, 2.45) is 0 Å². The zero-order valence-corrected chi connectivity index (χ0v) is 18.1. The number of rotatable bonds is 7. The highest BCUT2D eigenvalue weighted by Gasteiger charge is 2.23. The first-order valence-electron chi connectivity index (χ1n) is 10.8.